The standard InChI is InChI=1S/C29H36N6O/c1-3-23-29(32-25-11-5-4-10-24(25)31-23)26-17-22-13-12-20(2)27(34-14-6-7-15-34)18-28(35(22)33-26)30-21-9-8-16-36-19-21/h4-5,10-11,17-18,21,30H,3,6-9,12-16,19H2,1-2H3/b27-20-,28-18-/t21-/m0/s1. The number of rotatable bonds is 5. The van der Waals surface area contributed by atoms with Gasteiger partial charge in [0.05, 0.1) is 29.4 Å². The smallest absolute Gasteiger partial charge is 0.130 e. The Hall–Kier alpha value is -3.19. The number of nitrogens with zero attached hydrogens (tertiary/aromatic N) is 5. The minimum atomic E-state index is 0.289. The Labute approximate surface area is 213 Å². The zero-order valence-electron chi connectivity index (χ0n) is 21.5. The Kier molecular flexibility index (Phi) is 6.48. The summed E-state index contributed by atoms with van der Waals surface area (Å²) in [5.74, 6) is 1.04. The number of allylic oxidation sites excluding steroid dienone is 2. The summed E-state index contributed by atoms with van der Waals surface area (Å²) in [5.41, 5.74) is 8.63. The lowest BCUT2D eigenvalue weighted by molar-refractivity contribution is 0.0750. The molecule has 0 aliphatic carbocycles. The number of benzene rings is 1. The molecule has 188 valence electrons. The molecule has 7 nitrogen and oxygen atoms in total. The zero-order chi connectivity index (χ0) is 24.5. The van der Waals surface area contributed by atoms with Crippen molar-refractivity contribution >= 4 is 16.9 Å². The lowest BCUT2D eigenvalue weighted by Crippen LogP contribution is -2.38. The second-order valence-corrected chi connectivity index (χ2v) is 10.2. The first kappa shape index (κ1) is 23.2. The number of aryl methyl sites for hydroxylation is 2. The number of hydrogen-bond acceptors (Lipinski definition) is 6. The first-order valence-electron chi connectivity index (χ1n) is 13.6. The van der Waals surface area contributed by atoms with Crippen LogP contribution in [0.4, 0.5) is 0 Å². The fourth-order valence-corrected chi connectivity index (χ4v) is 5.65. The molecule has 1 aromatic carbocycles. The molecule has 0 saturated carbocycles. The van der Waals surface area contributed by atoms with Gasteiger partial charge >= 0.3 is 0 Å². The molecule has 3 aliphatic heterocycles. The van der Waals surface area contributed by atoms with E-state index in [1.54, 1.807) is 0 Å². The van der Waals surface area contributed by atoms with E-state index in [1.165, 1.54) is 29.8 Å². The van der Waals surface area contributed by atoms with Crippen molar-refractivity contribution in [1.82, 2.24) is 30.0 Å². The van der Waals surface area contributed by atoms with Gasteiger partial charge in [-0.25, -0.2) is 14.6 Å². The van der Waals surface area contributed by atoms with Crippen LogP contribution < -0.4 is 5.32 Å². The molecule has 0 radical (unpaired) electrons. The topological polar surface area (TPSA) is 68.1 Å². The molecule has 2 aromatic heterocycles. The van der Waals surface area contributed by atoms with Crippen LogP contribution in [0.1, 0.15) is 57.3 Å². The third-order valence-corrected chi connectivity index (χ3v) is 7.66. The summed E-state index contributed by atoms with van der Waals surface area (Å²) < 4.78 is 7.93. The van der Waals surface area contributed by atoms with Gasteiger partial charge in [-0.1, -0.05) is 19.1 Å². The Morgan fingerprint density at radius 2 is 1.86 bits per heavy atom. The molecule has 7 heteroatoms. The first-order valence-corrected chi connectivity index (χ1v) is 13.6. The molecule has 0 spiro atoms. The largest absolute Gasteiger partial charge is 0.379 e. The third-order valence-electron chi connectivity index (χ3n) is 7.66. The summed E-state index contributed by atoms with van der Waals surface area (Å²) in [5, 5.41) is 8.99. The van der Waals surface area contributed by atoms with Crippen LogP contribution in [0.5, 0.6) is 0 Å². The molecular weight excluding hydrogens is 448 g/mol. The molecule has 5 heterocycles. The average molecular weight is 485 g/mol. The summed E-state index contributed by atoms with van der Waals surface area (Å²) in [4.78, 5) is 12.5. The van der Waals surface area contributed by atoms with E-state index in [1.807, 2.05) is 24.3 Å². The van der Waals surface area contributed by atoms with E-state index in [4.69, 9.17) is 19.8 Å². The van der Waals surface area contributed by atoms with Crippen molar-refractivity contribution in [1.29, 1.82) is 0 Å². The van der Waals surface area contributed by atoms with Crippen molar-refractivity contribution in [2.24, 2.45) is 0 Å². The molecule has 3 aromatic rings. The summed E-state index contributed by atoms with van der Waals surface area (Å²) in [6.45, 7) is 8.29. The van der Waals surface area contributed by atoms with Gasteiger partial charge in [0.15, 0.2) is 0 Å². The van der Waals surface area contributed by atoms with Crippen molar-refractivity contribution in [2.75, 3.05) is 26.3 Å². The van der Waals surface area contributed by atoms with Crippen LogP contribution in [-0.4, -0.2) is 57.0 Å². The number of nitrogens with one attached hydrogen (secondary N) is 1. The van der Waals surface area contributed by atoms with Crippen LogP contribution in [0.25, 0.3) is 28.2 Å². The van der Waals surface area contributed by atoms with Crippen molar-refractivity contribution < 1.29 is 4.74 Å². The Bertz CT molecular complexity index is 1310. The molecule has 6 rings (SSSR count). The number of aromatic nitrogens is 4. The molecule has 3 aliphatic rings. The van der Waals surface area contributed by atoms with E-state index in [0.29, 0.717) is 0 Å². The van der Waals surface area contributed by atoms with Crippen LogP contribution >= 0.6 is 0 Å². The monoisotopic (exact) mass is 484 g/mol. The second kappa shape index (κ2) is 10.1. The maximum atomic E-state index is 5.80. The van der Waals surface area contributed by atoms with Gasteiger partial charge in [-0.3, -0.25) is 0 Å². The Balaban J connectivity index is 1.44. The number of fused-ring (bicyclic) bond motifs is 2. The summed E-state index contributed by atoms with van der Waals surface area (Å²) in [6.07, 6.45) is 9.84. The number of hydrogen-bond donors (Lipinski definition) is 1. The Morgan fingerprint density at radius 3 is 2.61 bits per heavy atom. The van der Waals surface area contributed by atoms with Gasteiger partial charge in [-0.05, 0) is 75.6 Å². The van der Waals surface area contributed by atoms with E-state index in [9.17, 15) is 0 Å². The highest BCUT2D eigenvalue weighted by Crippen LogP contribution is 2.30. The summed E-state index contributed by atoms with van der Waals surface area (Å²) in [7, 11) is 0. The van der Waals surface area contributed by atoms with Gasteiger partial charge in [-0.15, -0.1) is 0 Å². The molecule has 2 saturated heterocycles. The molecule has 2 fully saturated rings. The molecule has 1 N–H and O–H groups in total. The van der Waals surface area contributed by atoms with E-state index < -0.39 is 0 Å². The quantitative estimate of drug-likeness (QED) is 0.553. The normalized spacial score (nSPS) is 24.2. The van der Waals surface area contributed by atoms with Gasteiger partial charge in [0, 0.05) is 37.2 Å². The number of likely N-dealkylation sites (tertiary alicyclic amines) is 1. The van der Waals surface area contributed by atoms with Crippen molar-refractivity contribution in [3.8, 4) is 11.4 Å². The van der Waals surface area contributed by atoms with Gasteiger partial charge < -0.3 is 15.0 Å². The molecular formula is C29H36N6O. The van der Waals surface area contributed by atoms with Crippen LogP contribution in [0, 0.1) is 0 Å². The predicted octanol–water partition coefficient (Wildman–Crippen LogP) is 4.94. The molecule has 0 amide bonds. The van der Waals surface area contributed by atoms with Gasteiger partial charge in [-0.2, -0.15) is 5.10 Å². The maximum absolute atomic E-state index is 5.80. The van der Waals surface area contributed by atoms with Crippen LogP contribution in [0.15, 0.2) is 47.7 Å². The molecule has 0 bridgehead atoms. The van der Waals surface area contributed by atoms with Gasteiger partial charge in [0.1, 0.15) is 17.2 Å². The molecule has 36 heavy (non-hydrogen) atoms. The highest BCUT2D eigenvalue weighted by Gasteiger charge is 2.24. The Morgan fingerprint density at radius 1 is 1.06 bits per heavy atom. The second-order valence-electron chi connectivity index (χ2n) is 10.2. The van der Waals surface area contributed by atoms with Crippen LogP contribution in [0.3, 0.4) is 0 Å². The summed E-state index contributed by atoms with van der Waals surface area (Å²) in [6, 6.07) is 10.6. The van der Waals surface area contributed by atoms with E-state index in [-0.39, 0.29) is 6.04 Å². The van der Waals surface area contributed by atoms with E-state index >= 15 is 0 Å². The van der Waals surface area contributed by atoms with Gasteiger partial charge in [0.2, 0.25) is 0 Å². The minimum absolute atomic E-state index is 0.289. The van der Waals surface area contributed by atoms with Crippen LogP contribution in [0.2, 0.25) is 0 Å². The lowest BCUT2D eigenvalue weighted by Gasteiger charge is -2.29. The fourth-order valence-electron chi connectivity index (χ4n) is 5.65. The first-order chi connectivity index (χ1) is 17.7. The average Bonchev–Trinajstić information content (AvgIpc) is 3.59. The number of ether oxygens (including phenoxy) is 1. The van der Waals surface area contributed by atoms with Crippen molar-refractivity contribution in [3.05, 3.63) is 59.1 Å². The van der Waals surface area contributed by atoms with Crippen molar-refractivity contribution in [3.63, 3.8) is 0 Å². The zero-order valence-corrected chi connectivity index (χ0v) is 21.5. The van der Waals surface area contributed by atoms with Gasteiger partial charge in [0.25, 0.3) is 0 Å². The SMILES string of the molecule is CCc1nc2ccccc2nc1-c1cc2n(n1)/C(N[C@H]1CCCOC1)=C\C(N1CCCC1)=C(/C)CC2. The number of para-hydroxylation sites is 2. The lowest BCUT2D eigenvalue weighted by atomic mass is 10.0. The fraction of sp³-hybridized carbons (Fsp3) is 0.483. The molecule has 1 atom stereocenters. The maximum Gasteiger partial charge on any atom is 0.130 e. The molecule has 0 unspecified atom stereocenters. The van der Waals surface area contributed by atoms with Crippen molar-refractivity contribution in [2.45, 2.75) is 64.8 Å². The van der Waals surface area contributed by atoms with Crippen LogP contribution in [-0.2, 0) is 17.6 Å². The minimum Gasteiger partial charge on any atom is -0.379 e. The third kappa shape index (κ3) is 4.52. The summed E-state index contributed by atoms with van der Waals surface area (Å²) >= 11 is 0. The van der Waals surface area contributed by atoms with E-state index in [2.05, 4.69) is 40.9 Å². The van der Waals surface area contributed by atoms with E-state index in [0.717, 1.165) is 92.3 Å². The predicted molar refractivity (Wildman–Crippen MR) is 143 cm³/mol. The highest BCUT2D eigenvalue weighted by molar-refractivity contribution is 5.78. The highest BCUT2D eigenvalue weighted by atomic mass is 16.5.